The predicted molar refractivity (Wildman–Crippen MR) is 79.4 cm³/mol. The predicted octanol–water partition coefficient (Wildman–Crippen LogP) is 1.52. The highest BCUT2D eigenvalue weighted by Crippen LogP contribution is 2.24. The van der Waals surface area contributed by atoms with E-state index in [4.69, 9.17) is 5.11 Å². The third-order valence-electron chi connectivity index (χ3n) is 3.90. The Morgan fingerprint density at radius 1 is 1.29 bits per heavy atom. The summed E-state index contributed by atoms with van der Waals surface area (Å²) in [5, 5.41) is 11.9. The maximum atomic E-state index is 12.2. The van der Waals surface area contributed by atoms with Crippen LogP contribution in [0.4, 0.5) is 5.69 Å². The molecule has 1 aromatic heterocycles. The molecule has 1 aliphatic carbocycles. The molecule has 1 heterocycles. The van der Waals surface area contributed by atoms with E-state index in [1.54, 1.807) is 12.3 Å². The smallest absolute Gasteiger partial charge is 0.306 e. The lowest BCUT2D eigenvalue weighted by Gasteiger charge is -2.26. The monoisotopic (exact) mass is 291 g/mol. The Bertz CT molecular complexity index is 523. The van der Waals surface area contributed by atoms with Gasteiger partial charge in [0.05, 0.1) is 5.92 Å². The van der Waals surface area contributed by atoms with Crippen LogP contribution in [0.5, 0.6) is 0 Å². The fraction of sp³-hybridized carbons (Fsp3) is 0.533. The minimum absolute atomic E-state index is 0.0397. The molecule has 2 rings (SSSR count). The van der Waals surface area contributed by atoms with E-state index in [9.17, 15) is 9.59 Å². The van der Waals surface area contributed by atoms with Gasteiger partial charge < -0.3 is 15.3 Å². The van der Waals surface area contributed by atoms with Crippen molar-refractivity contribution in [2.24, 2.45) is 5.92 Å². The van der Waals surface area contributed by atoms with Crippen LogP contribution in [0.2, 0.25) is 0 Å². The van der Waals surface area contributed by atoms with Crippen molar-refractivity contribution in [2.75, 3.05) is 19.0 Å². The number of hydrogen-bond donors (Lipinski definition) is 2. The summed E-state index contributed by atoms with van der Waals surface area (Å²) in [5.41, 5.74) is 1.31. The topological polar surface area (TPSA) is 82.5 Å². The number of amides is 1. The zero-order valence-corrected chi connectivity index (χ0v) is 12.4. The van der Waals surface area contributed by atoms with Crippen LogP contribution < -0.4 is 10.2 Å². The fourth-order valence-electron chi connectivity index (χ4n) is 2.57. The van der Waals surface area contributed by atoms with E-state index in [1.807, 2.05) is 25.1 Å². The van der Waals surface area contributed by atoms with Crippen LogP contribution in [-0.4, -0.2) is 42.1 Å². The number of hydrogen-bond acceptors (Lipinski definition) is 4. The number of anilines is 1. The van der Waals surface area contributed by atoms with Gasteiger partial charge in [-0.1, -0.05) is 0 Å². The van der Waals surface area contributed by atoms with Crippen LogP contribution in [-0.2, 0) is 4.79 Å². The van der Waals surface area contributed by atoms with Gasteiger partial charge in [-0.15, -0.1) is 0 Å². The molecule has 0 aliphatic heterocycles. The van der Waals surface area contributed by atoms with E-state index in [2.05, 4.69) is 10.3 Å². The molecule has 21 heavy (non-hydrogen) atoms. The van der Waals surface area contributed by atoms with E-state index in [1.165, 1.54) is 0 Å². The van der Waals surface area contributed by atoms with Gasteiger partial charge in [0.1, 0.15) is 5.69 Å². The van der Waals surface area contributed by atoms with Crippen molar-refractivity contribution in [3.63, 3.8) is 0 Å². The molecule has 6 heteroatoms. The van der Waals surface area contributed by atoms with Crippen molar-refractivity contribution >= 4 is 17.6 Å². The number of carbonyl (C=O) groups is 2. The summed E-state index contributed by atoms with van der Waals surface area (Å²) in [7, 11) is 3.81. The Kier molecular flexibility index (Phi) is 4.77. The van der Waals surface area contributed by atoms with Crippen LogP contribution in [0.1, 0.15) is 36.2 Å². The van der Waals surface area contributed by atoms with Crippen LogP contribution in [0, 0.1) is 5.92 Å². The van der Waals surface area contributed by atoms with Crippen molar-refractivity contribution in [1.82, 2.24) is 10.3 Å². The molecule has 1 amide bonds. The Morgan fingerprint density at radius 2 is 1.95 bits per heavy atom. The number of aromatic nitrogens is 1. The number of nitrogens with one attached hydrogen (secondary N) is 1. The van der Waals surface area contributed by atoms with E-state index in [0.29, 0.717) is 31.4 Å². The molecule has 0 saturated heterocycles. The van der Waals surface area contributed by atoms with E-state index < -0.39 is 5.97 Å². The van der Waals surface area contributed by atoms with Gasteiger partial charge >= 0.3 is 5.97 Å². The first kappa shape index (κ1) is 15.3. The standard InChI is InChI=1S/C15H21N3O3/c1-18(2)12-7-8-16-13(9-12)14(19)17-11-5-3-10(4-6-11)15(20)21/h7-11H,3-6H2,1-2H3,(H,17,19)(H,20,21). The molecule has 0 unspecified atom stereocenters. The maximum Gasteiger partial charge on any atom is 0.306 e. The lowest BCUT2D eigenvalue weighted by atomic mass is 9.86. The molecule has 1 fully saturated rings. The highest BCUT2D eigenvalue weighted by Gasteiger charge is 2.27. The minimum Gasteiger partial charge on any atom is -0.481 e. The van der Waals surface area contributed by atoms with Crippen LogP contribution >= 0.6 is 0 Å². The number of rotatable bonds is 4. The third-order valence-corrected chi connectivity index (χ3v) is 3.90. The Morgan fingerprint density at radius 3 is 2.52 bits per heavy atom. The Balaban J connectivity index is 1.93. The summed E-state index contributed by atoms with van der Waals surface area (Å²) in [6, 6.07) is 3.63. The number of carbonyl (C=O) groups excluding carboxylic acids is 1. The van der Waals surface area contributed by atoms with E-state index >= 15 is 0 Å². The van der Waals surface area contributed by atoms with Crippen molar-refractivity contribution in [2.45, 2.75) is 31.7 Å². The molecule has 0 radical (unpaired) electrons. The maximum absolute atomic E-state index is 12.2. The molecule has 114 valence electrons. The molecule has 0 atom stereocenters. The summed E-state index contributed by atoms with van der Waals surface area (Å²) >= 11 is 0. The zero-order chi connectivity index (χ0) is 15.4. The van der Waals surface area contributed by atoms with Crippen molar-refractivity contribution < 1.29 is 14.7 Å². The van der Waals surface area contributed by atoms with Crippen LogP contribution in [0.25, 0.3) is 0 Å². The Hall–Kier alpha value is -2.11. The normalized spacial score (nSPS) is 21.6. The molecular formula is C15H21N3O3. The second kappa shape index (κ2) is 6.56. The van der Waals surface area contributed by atoms with Gasteiger partial charge in [-0.3, -0.25) is 14.6 Å². The summed E-state index contributed by atoms with van der Waals surface area (Å²) < 4.78 is 0. The number of nitrogens with zero attached hydrogens (tertiary/aromatic N) is 2. The van der Waals surface area contributed by atoms with Gasteiger partial charge in [0.25, 0.3) is 5.91 Å². The summed E-state index contributed by atoms with van der Waals surface area (Å²) in [5.74, 6) is -1.20. The Labute approximate surface area is 124 Å². The minimum atomic E-state index is -0.736. The van der Waals surface area contributed by atoms with E-state index in [-0.39, 0.29) is 17.9 Å². The van der Waals surface area contributed by atoms with E-state index in [0.717, 1.165) is 5.69 Å². The average Bonchev–Trinajstić information content (AvgIpc) is 2.48. The third kappa shape index (κ3) is 3.93. The van der Waals surface area contributed by atoms with Crippen LogP contribution in [0.15, 0.2) is 18.3 Å². The van der Waals surface area contributed by atoms with Gasteiger partial charge in [0.2, 0.25) is 0 Å². The van der Waals surface area contributed by atoms with Gasteiger partial charge in [0.15, 0.2) is 0 Å². The van der Waals surface area contributed by atoms with Gasteiger partial charge in [-0.25, -0.2) is 0 Å². The first-order chi connectivity index (χ1) is 9.97. The van der Waals surface area contributed by atoms with Crippen molar-refractivity contribution in [3.8, 4) is 0 Å². The molecule has 2 N–H and O–H groups in total. The molecule has 6 nitrogen and oxygen atoms in total. The number of aliphatic carboxylic acids is 1. The molecule has 1 saturated carbocycles. The number of pyridine rings is 1. The van der Waals surface area contributed by atoms with Gasteiger partial charge in [0, 0.05) is 32.0 Å². The average molecular weight is 291 g/mol. The molecule has 0 spiro atoms. The highest BCUT2D eigenvalue weighted by molar-refractivity contribution is 5.93. The van der Waals surface area contributed by atoms with Crippen LogP contribution in [0.3, 0.4) is 0 Å². The molecule has 1 aromatic rings. The SMILES string of the molecule is CN(C)c1ccnc(C(=O)NC2CCC(C(=O)O)CC2)c1. The number of carboxylic acids is 1. The second-order valence-electron chi connectivity index (χ2n) is 5.65. The quantitative estimate of drug-likeness (QED) is 0.879. The lowest BCUT2D eigenvalue weighted by Crippen LogP contribution is -2.39. The zero-order valence-electron chi connectivity index (χ0n) is 12.4. The second-order valence-corrected chi connectivity index (χ2v) is 5.65. The van der Waals surface area contributed by atoms with Gasteiger partial charge in [-0.2, -0.15) is 0 Å². The molecule has 1 aliphatic rings. The summed E-state index contributed by atoms with van der Waals surface area (Å²) in [6.45, 7) is 0. The van der Waals surface area contributed by atoms with Gasteiger partial charge in [-0.05, 0) is 37.8 Å². The largest absolute Gasteiger partial charge is 0.481 e. The first-order valence-corrected chi connectivity index (χ1v) is 7.14. The van der Waals surface area contributed by atoms with Crippen molar-refractivity contribution in [1.29, 1.82) is 0 Å². The molecular weight excluding hydrogens is 270 g/mol. The molecule has 0 bridgehead atoms. The first-order valence-electron chi connectivity index (χ1n) is 7.14. The van der Waals surface area contributed by atoms with Crippen molar-refractivity contribution in [3.05, 3.63) is 24.0 Å². The number of carboxylic acid groups (broad SMARTS) is 1. The lowest BCUT2D eigenvalue weighted by molar-refractivity contribution is -0.142. The summed E-state index contributed by atoms with van der Waals surface area (Å²) in [4.78, 5) is 29.1. The fourth-order valence-corrected chi connectivity index (χ4v) is 2.57. The highest BCUT2D eigenvalue weighted by atomic mass is 16.4. The summed E-state index contributed by atoms with van der Waals surface area (Å²) in [6.07, 6.45) is 4.26. The molecule has 0 aromatic carbocycles.